The molecule has 0 bridgehead atoms. The molecule has 2 heteroatoms. The molecule has 2 aliphatic rings. The Labute approximate surface area is 89.5 Å². The molecule has 2 unspecified atom stereocenters. The molecule has 0 saturated heterocycles. The fraction of sp³-hybridized carbons (Fsp3) is 0.462. The lowest BCUT2D eigenvalue weighted by Gasteiger charge is -2.06. The van der Waals surface area contributed by atoms with E-state index in [9.17, 15) is 4.79 Å². The molecule has 0 aliphatic heterocycles. The van der Waals surface area contributed by atoms with Gasteiger partial charge in [0.1, 0.15) is 0 Å². The van der Waals surface area contributed by atoms with E-state index in [1.807, 2.05) is 18.2 Å². The zero-order valence-corrected chi connectivity index (χ0v) is 8.65. The molecule has 2 saturated carbocycles. The van der Waals surface area contributed by atoms with Crippen molar-refractivity contribution in [3.05, 3.63) is 35.9 Å². The lowest BCUT2D eigenvalue weighted by molar-refractivity contribution is -0.122. The number of ketones is 1. The van der Waals surface area contributed by atoms with Crippen molar-refractivity contribution in [1.82, 2.24) is 0 Å². The van der Waals surface area contributed by atoms with Crippen LogP contribution < -0.4 is 5.73 Å². The van der Waals surface area contributed by atoms with Crippen molar-refractivity contribution in [3.63, 3.8) is 0 Å². The Hall–Kier alpha value is -1.15. The van der Waals surface area contributed by atoms with E-state index in [2.05, 4.69) is 12.1 Å². The number of hydrogen-bond donors (Lipinski definition) is 1. The molecule has 15 heavy (non-hydrogen) atoms. The standard InChI is InChI=1S/C13H15NO/c14-13(6-7-13)12(15)11-8-10(11)9-4-2-1-3-5-9/h1-5,10-11H,6-8,14H2. The molecule has 2 fully saturated rings. The minimum atomic E-state index is -0.436. The quantitative estimate of drug-likeness (QED) is 0.811. The molecular formula is C13H15NO. The van der Waals surface area contributed by atoms with Gasteiger partial charge in [-0.05, 0) is 30.7 Å². The van der Waals surface area contributed by atoms with Gasteiger partial charge in [0.2, 0.25) is 0 Å². The van der Waals surface area contributed by atoms with Crippen LogP contribution in [0.3, 0.4) is 0 Å². The topological polar surface area (TPSA) is 43.1 Å². The number of carbonyl (C=O) groups excluding carboxylic acids is 1. The molecule has 0 heterocycles. The summed E-state index contributed by atoms with van der Waals surface area (Å²) in [5.41, 5.74) is 6.78. The van der Waals surface area contributed by atoms with Gasteiger partial charge in [0, 0.05) is 5.92 Å². The molecule has 0 amide bonds. The van der Waals surface area contributed by atoms with Crippen LogP contribution in [0.25, 0.3) is 0 Å². The molecule has 1 aromatic carbocycles. The van der Waals surface area contributed by atoms with E-state index in [1.54, 1.807) is 0 Å². The summed E-state index contributed by atoms with van der Waals surface area (Å²) in [5, 5.41) is 0. The molecule has 2 aliphatic carbocycles. The predicted molar refractivity (Wildman–Crippen MR) is 58.4 cm³/mol. The molecule has 2 atom stereocenters. The molecule has 0 radical (unpaired) electrons. The number of carbonyl (C=O) groups is 1. The van der Waals surface area contributed by atoms with Crippen LogP contribution >= 0.6 is 0 Å². The smallest absolute Gasteiger partial charge is 0.156 e. The van der Waals surface area contributed by atoms with Gasteiger partial charge in [-0.15, -0.1) is 0 Å². The summed E-state index contributed by atoms with van der Waals surface area (Å²) >= 11 is 0. The summed E-state index contributed by atoms with van der Waals surface area (Å²) in [5.74, 6) is 0.955. The Morgan fingerprint density at radius 3 is 2.53 bits per heavy atom. The molecule has 0 aromatic heterocycles. The van der Waals surface area contributed by atoms with Gasteiger partial charge in [0.15, 0.2) is 5.78 Å². The van der Waals surface area contributed by atoms with E-state index in [4.69, 9.17) is 5.73 Å². The fourth-order valence-corrected chi connectivity index (χ4v) is 2.30. The summed E-state index contributed by atoms with van der Waals surface area (Å²) in [6.07, 6.45) is 2.79. The third-order valence-corrected chi connectivity index (χ3v) is 3.63. The van der Waals surface area contributed by atoms with Crippen LogP contribution in [0.2, 0.25) is 0 Å². The number of Topliss-reactive ketones (excluding diaryl/α,β-unsaturated/α-hetero) is 1. The van der Waals surface area contributed by atoms with Crippen LogP contribution in [0.15, 0.2) is 30.3 Å². The van der Waals surface area contributed by atoms with E-state index in [-0.39, 0.29) is 5.92 Å². The maximum Gasteiger partial charge on any atom is 0.156 e. The SMILES string of the molecule is NC1(C(=O)C2CC2c2ccccc2)CC1. The highest BCUT2D eigenvalue weighted by Crippen LogP contribution is 2.52. The van der Waals surface area contributed by atoms with Gasteiger partial charge in [0.05, 0.1) is 5.54 Å². The van der Waals surface area contributed by atoms with Crippen LogP contribution in [0, 0.1) is 5.92 Å². The molecule has 2 N–H and O–H groups in total. The lowest BCUT2D eigenvalue weighted by Crippen LogP contribution is -2.34. The highest BCUT2D eigenvalue weighted by molar-refractivity contribution is 5.95. The average Bonchev–Trinajstić information content (AvgIpc) is 3.14. The molecule has 1 aromatic rings. The Kier molecular flexibility index (Phi) is 1.77. The van der Waals surface area contributed by atoms with Crippen molar-refractivity contribution in [2.75, 3.05) is 0 Å². The first-order chi connectivity index (χ1) is 7.21. The van der Waals surface area contributed by atoms with E-state index in [0.717, 1.165) is 19.3 Å². The van der Waals surface area contributed by atoms with Gasteiger partial charge in [-0.1, -0.05) is 30.3 Å². The summed E-state index contributed by atoms with van der Waals surface area (Å²) in [4.78, 5) is 11.9. The van der Waals surface area contributed by atoms with E-state index in [0.29, 0.717) is 11.7 Å². The third-order valence-electron chi connectivity index (χ3n) is 3.63. The van der Waals surface area contributed by atoms with Gasteiger partial charge in [-0.2, -0.15) is 0 Å². The normalized spacial score (nSPS) is 31.0. The Morgan fingerprint density at radius 2 is 1.93 bits per heavy atom. The minimum absolute atomic E-state index is 0.208. The first-order valence-electron chi connectivity index (χ1n) is 5.59. The Morgan fingerprint density at radius 1 is 1.27 bits per heavy atom. The monoisotopic (exact) mass is 201 g/mol. The van der Waals surface area contributed by atoms with Crippen molar-refractivity contribution >= 4 is 5.78 Å². The third kappa shape index (κ3) is 1.49. The zero-order valence-electron chi connectivity index (χ0n) is 8.65. The second-order valence-corrected chi connectivity index (χ2v) is 4.88. The lowest BCUT2D eigenvalue weighted by atomic mass is 10.0. The van der Waals surface area contributed by atoms with Crippen LogP contribution in [-0.4, -0.2) is 11.3 Å². The second kappa shape index (κ2) is 2.92. The van der Waals surface area contributed by atoms with Crippen molar-refractivity contribution in [1.29, 1.82) is 0 Å². The fourth-order valence-electron chi connectivity index (χ4n) is 2.30. The van der Waals surface area contributed by atoms with Crippen molar-refractivity contribution in [2.24, 2.45) is 11.7 Å². The summed E-state index contributed by atoms with van der Waals surface area (Å²) < 4.78 is 0. The average molecular weight is 201 g/mol. The molecule has 3 rings (SSSR count). The van der Waals surface area contributed by atoms with Crippen molar-refractivity contribution in [2.45, 2.75) is 30.7 Å². The van der Waals surface area contributed by atoms with Crippen LogP contribution in [-0.2, 0) is 4.79 Å². The number of nitrogens with two attached hydrogens (primary N) is 1. The van der Waals surface area contributed by atoms with Crippen LogP contribution in [0.1, 0.15) is 30.7 Å². The maximum atomic E-state index is 11.9. The number of benzene rings is 1. The first kappa shape index (κ1) is 9.10. The van der Waals surface area contributed by atoms with E-state index >= 15 is 0 Å². The second-order valence-electron chi connectivity index (χ2n) is 4.88. The Balaban J connectivity index is 1.72. The van der Waals surface area contributed by atoms with Gasteiger partial charge < -0.3 is 5.73 Å². The van der Waals surface area contributed by atoms with Crippen molar-refractivity contribution in [3.8, 4) is 0 Å². The molecule has 2 nitrogen and oxygen atoms in total. The van der Waals surface area contributed by atoms with Gasteiger partial charge in [0.25, 0.3) is 0 Å². The molecule has 0 spiro atoms. The Bertz CT molecular complexity index is 394. The van der Waals surface area contributed by atoms with Crippen molar-refractivity contribution < 1.29 is 4.79 Å². The molecule has 78 valence electrons. The summed E-state index contributed by atoms with van der Waals surface area (Å²) in [7, 11) is 0. The predicted octanol–water partition coefficient (Wildman–Crippen LogP) is 1.85. The van der Waals surface area contributed by atoms with Crippen LogP contribution in [0.5, 0.6) is 0 Å². The first-order valence-corrected chi connectivity index (χ1v) is 5.59. The highest BCUT2D eigenvalue weighted by atomic mass is 16.1. The van der Waals surface area contributed by atoms with E-state index in [1.165, 1.54) is 5.56 Å². The molecular weight excluding hydrogens is 186 g/mol. The summed E-state index contributed by atoms with van der Waals surface area (Å²) in [6.45, 7) is 0. The number of hydrogen-bond acceptors (Lipinski definition) is 2. The maximum absolute atomic E-state index is 11.9. The number of rotatable bonds is 3. The highest BCUT2D eigenvalue weighted by Gasteiger charge is 2.55. The van der Waals surface area contributed by atoms with Gasteiger partial charge in [-0.3, -0.25) is 4.79 Å². The minimum Gasteiger partial charge on any atom is -0.319 e. The van der Waals surface area contributed by atoms with E-state index < -0.39 is 5.54 Å². The zero-order chi connectivity index (χ0) is 10.5. The van der Waals surface area contributed by atoms with Crippen LogP contribution in [0.4, 0.5) is 0 Å². The largest absolute Gasteiger partial charge is 0.319 e. The van der Waals surface area contributed by atoms with Gasteiger partial charge >= 0.3 is 0 Å². The van der Waals surface area contributed by atoms with Gasteiger partial charge in [-0.25, -0.2) is 0 Å². The summed E-state index contributed by atoms with van der Waals surface area (Å²) in [6, 6.07) is 10.3.